The molecule has 8 heteroatoms. The lowest BCUT2D eigenvalue weighted by atomic mass is 10.2. The van der Waals surface area contributed by atoms with Gasteiger partial charge in [-0.15, -0.1) is 0 Å². The third kappa shape index (κ3) is 3.74. The molecule has 0 saturated carbocycles. The first-order chi connectivity index (χ1) is 12.5. The van der Waals surface area contributed by atoms with Crippen molar-refractivity contribution in [2.24, 2.45) is 0 Å². The maximum Gasteiger partial charge on any atom is 0.255 e. The second-order valence-corrected chi connectivity index (χ2v) is 6.01. The number of nitrogens with one attached hydrogen (secondary N) is 2. The highest BCUT2D eigenvalue weighted by Crippen LogP contribution is 2.27. The molecule has 26 heavy (non-hydrogen) atoms. The Labute approximate surface area is 149 Å². The minimum atomic E-state index is -0.820. The molecule has 1 atom stereocenters. The monoisotopic (exact) mass is 359 g/mol. The number of rotatable bonds is 5. The number of nitrogens with zero attached hydrogens (tertiary/aromatic N) is 1. The van der Waals surface area contributed by atoms with Crippen molar-refractivity contribution in [1.29, 1.82) is 0 Å². The Morgan fingerprint density at radius 3 is 2.77 bits per heavy atom. The molecule has 3 rings (SSSR count). The zero-order chi connectivity index (χ0) is 18.7. The predicted molar refractivity (Wildman–Crippen MR) is 92.3 cm³/mol. The second kappa shape index (κ2) is 7.38. The van der Waals surface area contributed by atoms with Crippen LogP contribution in [0.25, 0.3) is 0 Å². The van der Waals surface area contributed by atoms with Gasteiger partial charge in [-0.3, -0.25) is 14.4 Å². The fourth-order valence-corrected chi connectivity index (χ4v) is 2.69. The summed E-state index contributed by atoms with van der Waals surface area (Å²) < 4.78 is 18.9. The summed E-state index contributed by atoms with van der Waals surface area (Å²) in [4.78, 5) is 37.4. The van der Waals surface area contributed by atoms with E-state index in [1.54, 1.807) is 0 Å². The van der Waals surface area contributed by atoms with E-state index in [4.69, 9.17) is 4.42 Å². The number of hydrogen-bond acceptors (Lipinski definition) is 4. The summed E-state index contributed by atoms with van der Waals surface area (Å²) in [6.45, 7) is 1.98. The van der Waals surface area contributed by atoms with Crippen LogP contribution in [-0.4, -0.2) is 30.3 Å². The van der Waals surface area contributed by atoms with Crippen molar-refractivity contribution in [2.75, 3.05) is 16.8 Å². The number of amides is 3. The van der Waals surface area contributed by atoms with Crippen LogP contribution in [0.15, 0.2) is 41.2 Å². The van der Waals surface area contributed by atoms with Gasteiger partial charge in [-0.2, -0.15) is 0 Å². The Balaban J connectivity index is 1.67. The van der Waals surface area contributed by atoms with Gasteiger partial charge in [-0.05, 0) is 37.6 Å². The van der Waals surface area contributed by atoms with Gasteiger partial charge in [-0.1, -0.05) is 0 Å². The van der Waals surface area contributed by atoms with Gasteiger partial charge >= 0.3 is 0 Å². The molecule has 2 N–H and O–H groups in total. The molecule has 1 aliphatic rings. The number of anilines is 2. The molecule has 136 valence electrons. The van der Waals surface area contributed by atoms with Gasteiger partial charge in [-0.25, -0.2) is 4.39 Å². The van der Waals surface area contributed by atoms with Crippen molar-refractivity contribution in [2.45, 2.75) is 25.8 Å². The van der Waals surface area contributed by atoms with Gasteiger partial charge < -0.3 is 20.0 Å². The SMILES string of the molecule is CC(NC(=O)c1ccoc1)C(=O)Nc1ccc(F)c(N2CCCC2=O)c1. The Morgan fingerprint density at radius 1 is 1.31 bits per heavy atom. The van der Waals surface area contributed by atoms with E-state index in [1.807, 2.05) is 0 Å². The van der Waals surface area contributed by atoms with Gasteiger partial charge in [0.2, 0.25) is 11.8 Å². The molecule has 2 aromatic rings. The molecule has 2 heterocycles. The van der Waals surface area contributed by atoms with Crippen molar-refractivity contribution in [1.82, 2.24) is 5.32 Å². The van der Waals surface area contributed by atoms with E-state index >= 15 is 0 Å². The van der Waals surface area contributed by atoms with Crippen molar-refractivity contribution < 1.29 is 23.2 Å². The zero-order valence-electron chi connectivity index (χ0n) is 14.1. The predicted octanol–water partition coefficient (Wildman–Crippen LogP) is 2.30. The van der Waals surface area contributed by atoms with Crippen molar-refractivity contribution in [3.63, 3.8) is 0 Å². The largest absolute Gasteiger partial charge is 0.472 e. The first-order valence-electron chi connectivity index (χ1n) is 8.19. The van der Waals surface area contributed by atoms with E-state index in [1.165, 1.54) is 48.6 Å². The number of hydrogen-bond donors (Lipinski definition) is 2. The molecule has 1 aromatic carbocycles. The third-order valence-corrected chi connectivity index (χ3v) is 4.10. The standard InChI is InChI=1S/C18H18FN3O4/c1-11(20-18(25)12-6-8-26-10-12)17(24)21-13-4-5-14(19)15(9-13)22-7-2-3-16(22)23/h4-6,8-11H,2-3,7H2,1H3,(H,20,25)(H,21,24). The number of carbonyl (C=O) groups excluding carboxylic acids is 3. The normalized spacial score (nSPS) is 15.0. The fraction of sp³-hybridized carbons (Fsp3) is 0.278. The molecule has 0 radical (unpaired) electrons. The number of furan rings is 1. The summed E-state index contributed by atoms with van der Waals surface area (Å²) in [6, 6.07) is 4.69. The molecule has 1 aliphatic heterocycles. The van der Waals surface area contributed by atoms with E-state index in [-0.39, 0.29) is 11.6 Å². The Morgan fingerprint density at radius 2 is 2.12 bits per heavy atom. The van der Waals surface area contributed by atoms with Crippen molar-refractivity contribution in [3.8, 4) is 0 Å². The summed E-state index contributed by atoms with van der Waals surface area (Å²) in [7, 11) is 0. The van der Waals surface area contributed by atoms with Crippen molar-refractivity contribution in [3.05, 3.63) is 48.2 Å². The fourth-order valence-electron chi connectivity index (χ4n) is 2.69. The number of benzene rings is 1. The van der Waals surface area contributed by atoms with Crippen LogP contribution in [0.4, 0.5) is 15.8 Å². The van der Waals surface area contributed by atoms with Crippen molar-refractivity contribution >= 4 is 29.1 Å². The van der Waals surface area contributed by atoms with Crippen LogP contribution in [0.2, 0.25) is 0 Å². The minimum absolute atomic E-state index is 0.139. The van der Waals surface area contributed by atoms with E-state index in [2.05, 4.69) is 10.6 Å². The van der Waals surface area contributed by atoms with E-state index in [0.717, 1.165) is 0 Å². The third-order valence-electron chi connectivity index (χ3n) is 4.10. The van der Waals surface area contributed by atoms with Crippen LogP contribution < -0.4 is 15.5 Å². The second-order valence-electron chi connectivity index (χ2n) is 6.01. The Kier molecular flexibility index (Phi) is 5.01. The number of carbonyl (C=O) groups is 3. The van der Waals surface area contributed by atoms with Crippen LogP contribution >= 0.6 is 0 Å². The van der Waals surface area contributed by atoms with E-state index < -0.39 is 23.7 Å². The van der Waals surface area contributed by atoms with Crippen LogP contribution in [0.3, 0.4) is 0 Å². The molecule has 0 spiro atoms. The molecule has 1 aromatic heterocycles. The lowest BCUT2D eigenvalue weighted by molar-refractivity contribution is -0.118. The quantitative estimate of drug-likeness (QED) is 0.857. The lowest BCUT2D eigenvalue weighted by Crippen LogP contribution is -2.41. The number of halogens is 1. The van der Waals surface area contributed by atoms with Gasteiger partial charge in [0, 0.05) is 18.7 Å². The molecular formula is C18H18FN3O4. The van der Waals surface area contributed by atoms with Gasteiger partial charge in [0.1, 0.15) is 18.1 Å². The summed E-state index contributed by atoms with van der Waals surface area (Å²) >= 11 is 0. The first-order valence-corrected chi connectivity index (χ1v) is 8.19. The highest BCUT2D eigenvalue weighted by molar-refractivity contribution is 6.01. The van der Waals surface area contributed by atoms with Crippen LogP contribution in [-0.2, 0) is 9.59 Å². The summed E-state index contributed by atoms with van der Waals surface area (Å²) in [5.41, 5.74) is 0.789. The van der Waals surface area contributed by atoms with Gasteiger partial charge in [0.15, 0.2) is 0 Å². The maximum atomic E-state index is 14.0. The molecule has 0 aliphatic carbocycles. The van der Waals surface area contributed by atoms with Crippen LogP contribution in [0, 0.1) is 5.82 Å². The Hall–Kier alpha value is -3.16. The van der Waals surface area contributed by atoms with Crippen LogP contribution in [0.5, 0.6) is 0 Å². The lowest BCUT2D eigenvalue weighted by Gasteiger charge is -2.18. The van der Waals surface area contributed by atoms with Crippen LogP contribution in [0.1, 0.15) is 30.1 Å². The molecule has 0 bridgehead atoms. The van der Waals surface area contributed by atoms with E-state index in [9.17, 15) is 18.8 Å². The summed E-state index contributed by atoms with van der Waals surface area (Å²) in [6.07, 6.45) is 3.69. The maximum absolute atomic E-state index is 14.0. The van der Waals surface area contributed by atoms with E-state index in [0.29, 0.717) is 30.6 Å². The molecular weight excluding hydrogens is 341 g/mol. The molecule has 3 amide bonds. The highest BCUT2D eigenvalue weighted by Gasteiger charge is 2.25. The molecule has 1 saturated heterocycles. The molecule has 1 fully saturated rings. The van der Waals surface area contributed by atoms with Gasteiger partial charge in [0.25, 0.3) is 5.91 Å². The topological polar surface area (TPSA) is 91.7 Å². The smallest absolute Gasteiger partial charge is 0.255 e. The summed E-state index contributed by atoms with van der Waals surface area (Å²) in [5, 5.41) is 5.16. The molecule has 1 unspecified atom stereocenters. The Bertz CT molecular complexity index is 835. The first kappa shape index (κ1) is 17.7. The van der Waals surface area contributed by atoms with Gasteiger partial charge in [0.05, 0.1) is 17.5 Å². The average molecular weight is 359 g/mol. The zero-order valence-corrected chi connectivity index (χ0v) is 14.1. The highest BCUT2D eigenvalue weighted by atomic mass is 19.1. The molecule has 7 nitrogen and oxygen atoms in total. The summed E-state index contributed by atoms with van der Waals surface area (Å²) in [5.74, 6) is -1.58. The minimum Gasteiger partial charge on any atom is -0.472 e. The average Bonchev–Trinajstić information content (AvgIpc) is 3.28.